The van der Waals surface area contributed by atoms with E-state index in [0.717, 1.165) is 24.3 Å². The van der Waals surface area contributed by atoms with Crippen molar-refractivity contribution in [2.75, 3.05) is 6.54 Å². The Bertz CT molecular complexity index is 550. The minimum absolute atomic E-state index is 0.0444. The summed E-state index contributed by atoms with van der Waals surface area (Å²) in [5, 5.41) is 8.50. The van der Waals surface area contributed by atoms with Gasteiger partial charge >= 0.3 is 0 Å². The third-order valence-electron chi connectivity index (χ3n) is 3.19. The van der Waals surface area contributed by atoms with Crippen molar-refractivity contribution < 1.29 is 0 Å². The van der Waals surface area contributed by atoms with Crippen molar-refractivity contribution in [2.24, 2.45) is 0 Å². The molecule has 102 valence electrons. The Morgan fingerprint density at radius 1 is 1.37 bits per heavy atom. The summed E-state index contributed by atoms with van der Waals surface area (Å²) in [7, 11) is 0. The molecule has 0 aliphatic rings. The largest absolute Gasteiger partial charge is 0.305 e. The summed E-state index contributed by atoms with van der Waals surface area (Å²) in [6, 6.07) is 2.08. The van der Waals surface area contributed by atoms with Crippen LogP contribution in [0.4, 0.5) is 0 Å². The molecule has 2 aromatic heterocycles. The SMILES string of the molecule is CCNC(c1ccncc1C)c1c(Cl)cnn1CC. The first-order valence-electron chi connectivity index (χ1n) is 6.54. The van der Waals surface area contributed by atoms with Crippen LogP contribution in [-0.4, -0.2) is 21.3 Å². The molecule has 5 heteroatoms. The normalized spacial score (nSPS) is 12.6. The first-order chi connectivity index (χ1) is 9.19. The molecule has 1 unspecified atom stereocenters. The van der Waals surface area contributed by atoms with Gasteiger partial charge < -0.3 is 5.32 Å². The molecule has 0 fully saturated rings. The summed E-state index contributed by atoms with van der Waals surface area (Å²) in [5.74, 6) is 0. The highest BCUT2D eigenvalue weighted by Gasteiger charge is 2.22. The van der Waals surface area contributed by atoms with Gasteiger partial charge in [-0.25, -0.2) is 0 Å². The van der Waals surface area contributed by atoms with Crippen LogP contribution in [0.1, 0.15) is 36.7 Å². The van der Waals surface area contributed by atoms with Crippen molar-refractivity contribution in [3.63, 3.8) is 0 Å². The van der Waals surface area contributed by atoms with Crippen molar-refractivity contribution >= 4 is 11.6 Å². The maximum absolute atomic E-state index is 6.32. The van der Waals surface area contributed by atoms with Gasteiger partial charge in [-0.2, -0.15) is 5.10 Å². The van der Waals surface area contributed by atoms with Crippen molar-refractivity contribution in [3.8, 4) is 0 Å². The summed E-state index contributed by atoms with van der Waals surface area (Å²) < 4.78 is 1.94. The van der Waals surface area contributed by atoms with Crippen molar-refractivity contribution in [1.29, 1.82) is 0 Å². The van der Waals surface area contributed by atoms with Crippen LogP contribution in [0.25, 0.3) is 0 Å². The molecule has 0 aliphatic carbocycles. The lowest BCUT2D eigenvalue weighted by Gasteiger charge is -2.21. The van der Waals surface area contributed by atoms with E-state index in [1.165, 1.54) is 5.56 Å². The lowest BCUT2D eigenvalue weighted by atomic mass is 10.0. The molecule has 0 saturated carbocycles. The number of nitrogens with one attached hydrogen (secondary N) is 1. The molecule has 0 aromatic carbocycles. The van der Waals surface area contributed by atoms with E-state index >= 15 is 0 Å². The second-order valence-corrected chi connectivity index (χ2v) is 4.82. The molecule has 0 amide bonds. The van der Waals surface area contributed by atoms with Crippen LogP contribution in [-0.2, 0) is 6.54 Å². The van der Waals surface area contributed by atoms with E-state index < -0.39 is 0 Å². The maximum atomic E-state index is 6.32. The number of hydrogen-bond donors (Lipinski definition) is 1. The zero-order chi connectivity index (χ0) is 13.8. The fourth-order valence-electron chi connectivity index (χ4n) is 2.28. The van der Waals surface area contributed by atoms with E-state index in [1.807, 2.05) is 23.1 Å². The van der Waals surface area contributed by atoms with E-state index in [0.29, 0.717) is 5.02 Å². The Hall–Kier alpha value is -1.39. The molecule has 19 heavy (non-hydrogen) atoms. The predicted molar refractivity (Wildman–Crippen MR) is 77.4 cm³/mol. The molecule has 0 aliphatic heterocycles. The summed E-state index contributed by atoms with van der Waals surface area (Å²) in [5.41, 5.74) is 3.35. The standard InChI is InChI=1S/C14H19ClN4/c1-4-17-13(11-6-7-16-8-10(11)3)14-12(15)9-18-19(14)5-2/h6-9,13,17H,4-5H2,1-3H3. The van der Waals surface area contributed by atoms with Crippen LogP contribution < -0.4 is 5.32 Å². The van der Waals surface area contributed by atoms with Gasteiger partial charge in [0.1, 0.15) is 0 Å². The zero-order valence-corrected chi connectivity index (χ0v) is 12.3. The first kappa shape index (κ1) is 14.0. The number of aryl methyl sites for hydroxylation is 2. The highest BCUT2D eigenvalue weighted by molar-refractivity contribution is 6.31. The first-order valence-corrected chi connectivity index (χ1v) is 6.91. The second-order valence-electron chi connectivity index (χ2n) is 4.42. The minimum Gasteiger partial charge on any atom is -0.305 e. The fraction of sp³-hybridized carbons (Fsp3) is 0.429. The quantitative estimate of drug-likeness (QED) is 0.914. The summed E-state index contributed by atoms with van der Waals surface area (Å²) >= 11 is 6.32. The van der Waals surface area contributed by atoms with Crippen LogP contribution in [0.15, 0.2) is 24.7 Å². The Kier molecular flexibility index (Phi) is 4.56. The van der Waals surface area contributed by atoms with Gasteiger partial charge in [-0.15, -0.1) is 0 Å². The second kappa shape index (κ2) is 6.17. The number of aromatic nitrogens is 3. The molecule has 0 spiro atoms. The molecule has 0 saturated heterocycles. The molecule has 2 heterocycles. The molecule has 0 bridgehead atoms. The van der Waals surface area contributed by atoms with Crippen LogP contribution in [0.3, 0.4) is 0 Å². The number of nitrogens with zero attached hydrogens (tertiary/aromatic N) is 3. The van der Waals surface area contributed by atoms with Gasteiger partial charge in [0.2, 0.25) is 0 Å². The molecule has 1 atom stereocenters. The van der Waals surface area contributed by atoms with E-state index in [1.54, 1.807) is 6.20 Å². The molecule has 1 N–H and O–H groups in total. The Balaban J connectivity index is 2.51. The number of halogens is 1. The van der Waals surface area contributed by atoms with Crippen molar-refractivity contribution in [2.45, 2.75) is 33.4 Å². The van der Waals surface area contributed by atoms with Crippen LogP contribution in [0, 0.1) is 6.92 Å². The van der Waals surface area contributed by atoms with Gasteiger partial charge in [-0.1, -0.05) is 18.5 Å². The molecule has 0 radical (unpaired) electrons. The maximum Gasteiger partial charge on any atom is 0.0837 e. The summed E-state index contributed by atoms with van der Waals surface area (Å²) in [6.07, 6.45) is 5.40. The van der Waals surface area contributed by atoms with Gasteiger partial charge in [-0.3, -0.25) is 9.67 Å². The summed E-state index contributed by atoms with van der Waals surface area (Å²) in [4.78, 5) is 4.15. The Morgan fingerprint density at radius 3 is 2.79 bits per heavy atom. The van der Waals surface area contributed by atoms with Crippen molar-refractivity contribution in [3.05, 3.63) is 46.5 Å². The Morgan fingerprint density at radius 2 is 2.16 bits per heavy atom. The number of rotatable bonds is 5. The van der Waals surface area contributed by atoms with Crippen LogP contribution in [0.2, 0.25) is 5.02 Å². The van der Waals surface area contributed by atoms with E-state index in [4.69, 9.17) is 11.6 Å². The minimum atomic E-state index is 0.0444. The number of pyridine rings is 1. The highest BCUT2D eigenvalue weighted by atomic mass is 35.5. The van der Waals surface area contributed by atoms with Gasteiger partial charge in [-0.05, 0) is 37.6 Å². The van der Waals surface area contributed by atoms with Crippen LogP contribution >= 0.6 is 11.6 Å². The average Bonchev–Trinajstić information content (AvgIpc) is 2.78. The smallest absolute Gasteiger partial charge is 0.0837 e. The number of hydrogen-bond acceptors (Lipinski definition) is 3. The van der Waals surface area contributed by atoms with E-state index in [9.17, 15) is 0 Å². The van der Waals surface area contributed by atoms with E-state index in [-0.39, 0.29) is 6.04 Å². The van der Waals surface area contributed by atoms with Crippen molar-refractivity contribution in [1.82, 2.24) is 20.1 Å². The molecule has 2 rings (SSSR count). The van der Waals surface area contributed by atoms with Gasteiger partial charge in [0, 0.05) is 18.9 Å². The lowest BCUT2D eigenvalue weighted by Crippen LogP contribution is -2.25. The lowest BCUT2D eigenvalue weighted by molar-refractivity contribution is 0.541. The molecular weight excluding hydrogens is 260 g/mol. The topological polar surface area (TPSA) is 42.7 Å². The molecular formula is C14H19ClN4. The van der Waals surface area contributed by atoms with E-state index in [2.05, 4.69) is 36.2 Å². The molecule has 4 nitrogen and oxygen atoms in total. The Labute approximate surface area is 118 Å². The third-order valence-corrected chi connectivity index (χ3v) is 3.48. The molecule has 2 aromatic rings. The summed E-state index contributed by atoms with van der Waals surface area (Å²) in [6.45, 7) is 7.87. The highest BCUT2D eigenvalue weighted by Crippen LogP contribution is 2.29. The van der Waals surface area contributed by atoms with Crippen LogP contribution in [0.5, 0.6) is 0 Å². The third kappa shape index (κ3) is 2.80. The monoisotopic (exact) mass is 278 g/mol. The average molecular weight is 279 g/mol. The van der Waals surface area contributed by atoms with Gasteiger partial charge in [0.05, 0.1) is 23.0 Å². The fourth-order valence-corrected chi connectivity index (χ4v) is 2.53. The van der Waals surface area contributed by atoms with Gasteiger partial charge in [0.15, 0.2) is 0 Å². The van der Waals surface area contributed by atoms with Gasteiger partial charge in [0.25, 0.3) is 0 Å². The zero-order valence-electron chi connectivity index (χ0n) is 11.5. The predicted octanol–water partition coefficient (Wildman–Crippen LogP) is 2.96.